The van der Waals surface area contributed by atoms with Crippen LogP contribution in [-0.4, -0.2) is 29.1 Å². The van der Waals surface area contributed by atoms with Crippen molar-refractivity contribution in [3.05, 3.63) is 11.8 Å². The van der Waals surface area contributed by atoms with Crippen LogP contribution in [0.2, 0.25) is 0 Å². The van der Waals surface area contributed by atoms with E-state index < -0.39 is 12.1 Å². The first-order valence-electron chi connectivity index (χ1n) is 5.20. The van der Waals surface area contributed by atoms with E-state index in [0.717, 1.165) is 0 Å². The number of nitrogens with one attached hydrogen (secondary N) is 2. The maximum Gasteiger partial charge on any atom is 0.247 e. The summed E-state index contributed by atoms with van der Waals surface area (Å²) in [5, 5.41) is 8.59. The van der Waals surface area contributed by atoms with Crippen molar-refractivity contribution in [2.24, 2.45) is 5.73 Å². The summed E-state index contributed by atoms with van der Waals surface area (Å²) in [7, 11) is 0. The second kappa shape index (κ2) is 5.44. The van der Waals surface area contributed by atoms with Crippen LogP contribution in [-0.2, 0) is 9.59 Å². The summed E-state index contributed by atoms with van der Waals surface area (Å²) in [5.74, 6) is 0.137. The van der Waals surface area contributed by atoms with Crippen LogP contribution in [0.1, 0.15) is 19.6 Å². The third-order valence-corrected chi connectivity index (χ3v) is 2.04. The van der Waals surface area contributed by atoms with Crippen LogP contribution >= 0.6 is 0 Å². The number of anilines is 1. The second-order valence-electron chi connectivity index (χ2n) is 3.83. The monoisotopic (exact) mass is 240 g/mol. The zero-order chi connectivity index (χ0) is 13.0. The minimum Gasteiger partial charge on any atom is -0.360 e. The van der Waals surface area contributed by atoms with Gasteiger partial charge in [-0.3, -0.25) is 9.59 Å². The number of aryl methyl sites for hydroxylation is 1. The van der Waals surface area contributed by atoms with Crippen molar-refractivity contribution in [2.45, 2.75) is 32.9 Å². The average Bonchev–Trinajstić information content (AvgIpc) is 2.63. The summed E-state index contributed by atoms with van der Waals surface area (Å²) in [6.07, 6.45) is 0. The molecule has 0 aliphatic carbocycles. The van der Waals surface area contributed by atoms with Crippen molar-refractivity contribution in [2.75, 3.05) is 5.32 Å². The van der Waals surface area contributed by atoms with Crippen molar-refractivity contribution in [3.8, 4) is 0 Å². The van der Waals surface area contributed by atoms with E-state index in [1.807, 2.05) is 0 Å². The number of rotatable bonds is 4. The highest BCUT2D eigenvalue weighted by Crippen LogP contribution is 2.07. The van der Waals surface area contributed by atoms with Gasteiger partial charge in [0.05, 0.1) is 6.04 Å². The maximum atomic E-state index is 11.6. The fraction of sp³-hybridized carbons (Fsp3) is 0.500. The number of nitrogens with zero attached hydrogens (tertiary/aromatic N) is 1. The molecule has 0 aliphatic rings. The third-order valence-electron chi connectivity index (χ3n) is 2.04. The molecule has 1 aromatic heterocycles. The Hall–Kier alpha value is -1.89. The second-order valence-corrected chi connectivity index (χ2v) is 3.83. The largest absolute Gasteiger partial charge is 0.360 e. The minimum atomic E-state index is -0.689. The number of carbonyl (C=O) groups excluding carboxylic acids is 2. The van der Waals surface area contributed by atoms with E-state index in [1.54, 1.807) is 26.8 Å². The molecule has 1 rings (SSSR count). The Morgan fingerprint density at radius 1 is 1.41 bits per heavy atom. The lowest BCUT2D eigenvalue weighted by molar-refractivity contribution is -0.126. The van der Waals surface area contributed by atoms with E-state index in [9.17, 15) is 9.59 Å². The van der Waals surface area contributed by atoms with E-state index in [1.165, 1.54) is 0 Å². The van der Waals surface area contributed by atoms with E-state index in [2.05, 4.69) is 15.8 Å². The Labute approximate surface area is 98.7 Å². The Bertz CT molecular complexity index is 413. The molecule has 0 fully saturated rings. The van der Waals surface area contributed by atoms with Crippen LogP contribution in [0.4, 0.5) is 5.82 Å². The average molecular weight is 240 g/mol. The maximum absolute atomic E-state index is 11.6. The molecule has 0 bridgehead atoms. The van der Waals surface area contributed by atoms with Gasteiger partial charge in [0.2, 0.25) is 11.8 Å². The highest BCUT2D eigenvalue weighted by molar-refractivity contribution is 5.96. The van der Waals surface area contributed by atoms with Gasteiger partial charge in [-0.15, -0.1) is 0 Å². The summed E-state index contributed by atoms with van der Waals surface area (Å²) < 4.78 is 4.79. The molecule has 0 unspecified atom stereocenters. The van der Waals surface area contributed by atoms with Crippen LogP contribution in [0.3, 0.4) is 0 Å². The molecule has 2 atom stereocenters. The quantitative estimate of drug-likeness (QED) is 0.673. The fourth-order valence-electron chi connectivity index (χ4n) is 1.07. The molecule has 0 radical (unpaired) electrons. The first kappa shape index (κ1) is 13.2. The molecule has 94 valence electrons. The topological polar surface area (TPSA) is 110 Å². The predicted molar refractivity (Wildman–Crippen MR) is 61.1 cm³/mol. The Kier molecular flexibility index (Phi) is 4.22. The first-order chi connectivity index (χ1) is 7.90. The highest BCUT2D eigenvalue weighted by atomic mass is 16.5. The van der Waals surface area contributed by atoms with Gasteiger partial charge in [-0.25, -0.2) is 0 Å². The van der Waals surface area contributed by atoms with E-state index in [-0.39, 0.29) is 11.8 Å². The van der Waals surface area contributed by atoms with Gasteiger partial charge in [0.1, 0.15) is 11.8 Å². The summed E-state index contributed by atoms with van der Waals surface area (Å²) in [4.78, 5) is 22.9. The van der Waals surface area contributed by atoms with Crippen LogP contribution in [0.25, 0.3) is 0 Å². The van der Waals surface area contributed by atoms with Gasteiger partial charge in [0, 0.05) is 6.07 Å². The summed E-state index contributed by atoms with van der Waals surface area (Å²) >= 11 is 0. The highest BCUT2D eigenvalue weighted by Gasteiger charge is 2.18. The molecular formula is C10H16N4O3. The van der Waals surface area contributed by atoms with Gasteiger partial charge >= 0.3 is 0 Å². The van der Waals surface area contributed by atoms with Gasteiger partial charge in [-0.05, 0) is 20.8 Å². The molecule has 0 aliphatic heterocycles. The van der Waals surface area contributed by atoms with Gasteiger partial charge < -0.3 is 20.9 Å². The fourth-order valence-corrected chi connectivity index (χ4v) is 1.07. The lowest BCUT2D eigenvalue weighted by Gasteiger charge is -2.14. The number of aromatic nitrogens is 1. The standard InChI is InChI=1S/C10H16N4O3/c1-5-4-8(14-17-5)13-10(16)7(3)12-9(15)6(2)11/h4,6-7H,11H2,1-3H3,(H,12,15)(H,13,14,16)/t6-,7-/m0/s1. The third kappa shape index (κ3) is 3.87. The van der Waals surface area contributed by atoms with Crippen molar-refractivity contribution < 1.29 is 14.1 Å². The lowest BCUT2D eigenvalue weighted by Crippen LogP contribution is -2.47. The molecule has 2 amide bonds. The zero-order valence-electron chi connectivity index (χ0n) is 9.98. The number of hydrogen-bond donors (Lipinski definition) is 3. The van der Waals surface area contributed by atoms with E-state index in [4.69, 9.17) is 10.3 Å². The number of carbonyl (C=O) groups is 2. The van der Waals surface area contributed by atoms with Crippen molar-refractivity contribution in [1.82, 2.24) is 10.5 Å². The van der Waals surface area contributed by atoms with Gasteiger partial charge in [0.15, 0.2) is 5.82 Å². The summed E-state index contributed by atoms with van der Waals surface area (Å²) in [6, 6.07) is 0.239. The van der Waals surface area contributed by atoms with E-state index >= 15 is 0 Å². The molecule has 1 heterocycles. The molecule has 17 heavy (non-hydrogen) atoms. The van der Waals surface area contributed by atoms with Crippen molar-refractivity contribution in [1.29, 1.82) is 0 Å². The Morgan fingerprint density at radius 3 is 2.53 bits per heavy atom. The lowest BCUT2D eigenvalue weighted by atomic mass is 10.2. The molecule has 7 heteroatoms. The molecule has 0 saturated heterocycles. The first-order valence-corrected chi connectivity index (χ1v) is 5.20. The van der Waals surface area contributed by atoms with Crippen molar-refractivity contribution in [3.63, 3.8) is 0 Å². The normalized spacial score (nSPS) is 13.9. The molecule has 0 saturated carbocycles. The van der Waals surface area contributed by atoms with Gasteiger partial charge in [-0.2, -0.15) is 0 Å². The SMILES string of the molecule is Cc1cc(NC(=O)[C@H](C)NC(=O)[C@H](C)N)no1. The Balaban J connectivity index is 2.50. The summed E-state index contributed by atoms with van der Waals surface area (Å²) in [6.45, 7) is 4.81. The van der Waals surface area contributed by atoms with Crippen molar-refractivity contribution >= 4 is 17.6 Å². The van der Waals surface area contributed by atoms with Gasteiger partial charge in [-0.1, -0.05) is 5.16 Å². The zero-order valence-corrected chi connectivity index (χ0v) is 9.98. The number of amides is 2. The van der Waals surface area contributed by atoms with Crippen LogP contribution in [0.15, 0.2) is 10.6 Å². The van der Waals surface area contributed by atoms with Gasteiger partial charge in [0.25, 0.3) is 0 Å². The Morgan fingerprint density at radius 2 is 2.06 bits per heavy atom. The predicted octanol–water partition coefficient (Wildman–Crippen LogP) is -0.227. The van der Waals surface area contributed by atoms with Crippen LogP contribution < -0.4 is 16.4 Å². The molecule has 7 nitrogen and oxygen atoms in total. The molecule has 0 spiro atoms. The minimum absolute atomic E-state index is 0.314. The van der Waals surface area contributed by atoms with E-state index in [0.29, 0.717) is 11.6 Å². The molecule has 1 aromatic rings. The number of nitrogens with two attached hydrogens (primary N) is 1. The molecular weight excluding hydrogens is 224 g/mol. The molecule has 0 aromatic carbocycles. The molecule has 4 N–H and O–H groups in total. The number of hydrogen-bond acceptors (Lipinski definition) is 5. The smallest absolute Gasteiger partial charge is 0.247 e. The van der Waals surface area contributed by atoms with Crippen LogP contribution in [0.5, 0.6) is 0 Å². The summed E-state index contributed by atoms with van der Waals surface area (Å²) in [5.41, 5.74) is 5.37. The van der Waals surface area contributed by atoms with Crippen LogP contribution in [0, 0.1) is 6.92 Å².